The van der Waals surface area contributed by atoms with Crippen LogP contribution in [0.4, 0.5) is 10.1 Å². The first-order chi connectivity index (χ1) is 21.1. The number of carbonyl (C=O) groups excluding carboxylic acids is 1. The Balaban J connectivity index is 1.20. The van der Waals surface area contributed by atoms with E-state index in [9.17, 15) is 9.18 Å². The van der Waals surface area contributed by atoms with Crippen LogP contribution in [0.25, 0.3) is 0 Å². The molecule has 3 fully saturated rings. The maximum absolute atomic E-state index is 14.5. The number of likely N-dealkylation sites (tertiary alicyclic amines) is 2. The van der Waals surface area contributed by atoms with Crippen molar-refractivity contribution in [1.29, 1.82) is 0 Å². The Bertz CT molecular complexity index is 1170. The summed E-state index contributed by atoms with van der Waals surface area (Å²) in [5.74, 6) is 1.92. The van der Waals surface area contributed by atoms with Crippen molar-refractivity contribution in [2.45, 2.75) is 51.1 Å². The average molecular weight is 596 g/mol. The van der Waals surface area contributed by atoms with Gasteiger partial charge in [0.1, 0.15) is 5.82 Å². The van der Waals surface area contributed by atoms with Crippen molar-refractivity contribution in [3.8, 4) is 11.5 Å². The molecule has 3 saturated heterocycles. The molecule has 5 rings (SSSR count). The number of halogens is 1. The van der Waals surface area contributed by atoms with Gasteiger partial charge in [0.05, 0.1) is 19.9 Å². The SMILES string of the molecule is COc1cccc(CN2CC[C@@H](N3CCN(c4ccccc4F)CC3)[C@@H](CCC(=O)NCCN3CCCCC3)C2)c1OC. The number of hydrogen-bond acceptors (Lipinski definition) is 7. The van der Waals surface area contributed by atoms with E-state index in [-0.39, 0.29) is 11.7 Å². The molecule has 0 aromatic heterocycles. The molecule has 0 bridgehead atoms. The minimum atomic E-state index is -0.151. The molecule has 0 radical (unpaired) electrons. The molecule has 43 heavy (non-hydrogen) atoms. The fraction of sp³-hybridized carbons (Fsp3) is 0.618. The first-order valence-corrected chi connectivity index (χ1v) is 16.2. The van der Waals surface area contributed by atoms with Crippen LogP contribution in [0.15, 0.2) is 42.5 Å². The summed E-state index contributed by atoms with van der Waals surface area (Å²) in [7, 11) is 3.37. The maximum atomic E-state index is 14.5. The van der Waals surface area contributed by atoms with E-state index in [1.54, 1.807) is 26.4 Å². The standard InChI is InChI=1S/C34H50FN5O3/c1-42-32-12-8-9-28(34(32)43-2)26-38-19-15-30(39-21-23-40(24-22-39)31-11-5-4-10-29(31)35)27(25-38)13-14-33(41)36-16-20-37-17-6-3-7-18-37/h4-5,8-12,27,30H,3,6-7,13-26H2,1-2H3,(H,36,41)/t27-,30+/m0/s1. The number of amides is 1. The van der Waals surface area contributed by atoms with Gasteiger partial charge in [-0.1, -0.05) is 30.7 Å². The highest BCUT2D eigenvalue weighted by Gasteiger charge is 2.35. The smallest absolute Gasteiger partial charge is 0.220 e. The van der Waals surface area contributed by atoms with Gasteiger partial charge in [-0.25, -0.2) is 4.39 Å². The number of benzene rings is 2. The molecule has 0 aliphatic carbocycles. The highest BCUT2D eigenvalue weighted by molar-refractivity contribution is 5.75. The number of piperidine rings is 2. The maximum Gasteiger partial charge on any atom is 0.220 e. The predicted molar refractivity (Wildman–Crippen MR) is 169 cm³/mol. The van der Waals surface area contributed by atoms with Gasteiger partial charge in [-0.05, 0) is 69.4 Å². The number of nitrogens with one attached hydrogen (secondary N) is 1. The van der Waals surface area contributed by atoms with Crippen molar-refractivity contribution in [3.05, 3.63) is 53.8 Å². The normalized spacial score (nSPS) is 22.3. The number of piperazine rings is 1. The van der Waals surface area contributed by atoms with E-state index in [0.717, 1.165) is 102 Å². The van der Waals surface area contributed by atoms with E-state index in [1.807, 2.05) is 24.3 Å². The lowest BCUT2D eigenvalue weighted by Crippen LogP contribution is -2.57. The van der Waals surface area contributed by atoms with Gasteiger partial charge in [0, 0.05) is 70.4 Å². The van der Waals surface area contributed by atoms with Crippen LogP contribution in [0.1, 0.15) is 44.1 Å². The van der Waals surface area contributed by atoms with Gasteiger partial charge in [0.25, 0.3) is 0 Å². The zero-order chi connectivity index (χ0) is 30.0. The number of hydrogen-bond donors (Lipinski definition) is 1. The second kappa shape index (κ2) is 15.7. The zero-order valence-electron chi connectivity index (χ0n) is 26.1. The van der Waals surface area contributed by atoms with Gasteiger partial charge in [0.15, 0.2) is 11.5 Å². The van der Waals surface area contributed by atoms with E-state index in [4.69, 9.17) is 9.47 Å². The van der Waals surface area contributed by atoms with Crippen molar-refractivity contribution in [1.82, 2.24) is 20.0 Å². The predicted octanol–water partition coefficient (Wildman–Crippen LogP) is 4.24. The fourth-order valence-corrected chi connectivity index (χ4v) is 7.27. The third-order valence-corrected chi connectivity index (χ3v) is 9.57. The van der Waals surface area contributed by atoms with Crippen molar-refractivity contribution in [2.75, 3.05) is 84.6 Å². The summed E-state index contributed by atoms with van der Waals surface area (Å²) in [5, 5.41) is 3.19. The molecule has 1 amide bonds. The number of rotatable bonds is 12. The lowest BCUT2D eigenvalue weighted by Gasteiger charge is -2.47. The summed E-state index contributed by atoms with van der Waals surface area (Å²) < 4.78 is 25.7. The number of carbonyl (C=O) groups is 1. The molecular formula is C34H50FN5O3. The molecule has 2 aromatic carbocycles. The number of anilines is 1. The zero-order valence-corrected chi connectivity index (χ0v) is 26.1. The molecule has 0 saturated carbocycles. The number of methoxy groups -OCH3 is 2. The fourth-order valence-electron chi connectivity index (χ4n) is 7.27. The molecule has 2 atom stereocenters. The average Bonchev–Trinajstić information content (AvgIpc) is 3.04. The molecule has 1 N–H and O–H groups in total. The van der Waals surface area contributed by atoms with E-state index < -0.39 is 0 Å². The van der Waals surface area contributed by atoms with Crippen LogP contribution < -0.4 is 19.7 Å². The van der Waals surface area contributed by atoms with Gasteiger partial charge in [-0.2, -0.15) is 0 Å². The Morgan fingerprint density at radius 1 is 0.907 bits per heavy atom. The minimum absolute atomic E-state index is 0.151. The summed E-state index contributed by atoms with van der Waals surface area (Å²) in [6, 6.07) is 13.6. The monoisotopic (exact) mass is 595 g/mol. The molecule has 3 aliphatic heterocycles. The lowest BCUT2D eigenvalue weighted by molar-refractivity contribution is -0.121. The molecule has 0 spiro atoms. The molecule has 2 aromatic rings. The third kappa shape index (κ3) is 8.40. The second-order valence-electron chi connectivity index (χ2n) is 12.3. The number of para-hydroxylation sites is 2. The second-order valence-corrected chi connectivity index (χ2v) is 12.3. The van der Waals surface area contributed by atoms with Gasteiger partial charge in [-0.15, -0.1) is 0 Å². The largest absolute Gasteiger partial charge is 0.493 e. The molecule has 236 valence electrons. The first kappa shape index (κ1) is 31.5. The van der Waals surface area contributed by atoms with Crippen LogP contribution in [0.5, 0.6) is 11.5 Å². The van der Waals surface area contributed by atoms with E-state index >= 15 is 0 Å². The van der Waals surface area contributed by atoms with Crippen molar-refractivity contribution >= 4 is 11.6 Å². The number of ether oxygens (including phenoxy) is 2. The van der Waals surface area contributed by atoms with Crippen LogP contribution >= 0.6 is 0 Å². The highest BCUT2D eigenvalue weighted by atomic mass is 19.1. The number of nitrogens with zero attached hydrogens (tertiary/aromatic N) is 4. The van der Waals surface area contributed by atoms with Crippen LogP contribution in [-0.4, -0.2) is 106 Å². The van der Waals surface area contributed by atoms with Crippen LogP contribution in [-0.2, 0) is 11.3 Å². The summed E-state index contributed by atoms with van der Waals surface area (Å²) in [6.07, 6.45) is 6.32. The highest BCUT2D eigenvalue weighted by Crippen LogP contribution is 2.34. The Kier molecular flexibility index (Phi) is 11.5. The van der Waals surface area contributed by atoms with Crippen molar-refractivity contribution < 1.29 is 18.7 Å². The van der Waals surface area contributed by atoms with Crippen LogP contribution in [0.3, 0.4) is 0 Å². The molecule has 3 heterocycles. The third-order valence-electron chi connectivity index (χ3n) is 9.57. The summed E-state index contributed by atoms with van der Waals surface area (Å²) in [5.41, 5.74) is 1.81. The van der Waals surface area contributed by atoms with E-state index in [1.165, 1.54) is 19.3 Å². The Morgan fingerprint density at radius 2 is 1.70 bits per heavy atom. The van der Waals surface area contributed by atoms with Crippen LogP contribution in [0.2, 0.25) is 0 Å². The Hall–Kier alpha value is -2.88. The lowest BCUT2D eigenvalue weighted by atomic mass is 9.86. The minimum Gasteiger partial charge on any atom is -0.493 e. The summed E-state index contributed by atoms with van der Waals surface area (Å²) >= 11 is 0. The summed E-state index contributed by atoms with van der Waals surface area (Å²) in [4.78, 5) is 22.7. The first-order valence-electron chi connectivity index (χ1n) is 16.2. The topological polar surface area (TPSA) is 60.5 Å². The van der Waals surface area contributed by atoms with Crippen molar-refractivity contribution in [2.24, 2.45) is 5.92 Å². The molecule has 9 heteroatoms. The summed E-state index contributed by atoms with van der Waals surface area (Å²) in [6.45, 7) is 10.1. The molecule has 3 aliphatic rings. The Labute approximate surface area is 257 Å². The van der Waals surface area contributed by atoms with Gasteiger partial charge in [-0.3, -0.25) is 14.6 Å². The Morgan fingerprint density at radius 3 is 2.44 bits per heavy atom. The molecular weight excluding hydrogens is 545 g/mol. The van der Waals surface area contributed by atoms with E-state index in [0.29, 0.717) is 24.1 Å². The molecule has 8 nitrogen and oxygen atoms in total. The quantitative estimate of drug-likeness (QED) is 0.394. The van der Waals surface area contributed by atoms with E-state index in [2.05, 4.69) is 31.0 Å². The van der Waals surface area contributed by atoms with Crippen molar-refractivity contribution in [3.63, 3.8) is 0 Å². The van der Waals surface area contributed by atoms with Gasteiger partial charge < -0.3 is 24.6 Å². The van der Waals surface area contributed by atoms with Gasteiger partial charge in [0.2, 0.25) is 5.91 Å². The molecule has 0 unspecified atom stereocenters. The van der Waals surface area contributed by atoms with Gasteiger partial charge >= 0.3 is 0 Å². The van der Waals surface area contributed by atoms with Crippen LogP contribution in [0, 0.1) is 11.7 Å².